The molecule has 0 saturated carbocycles. The van der Waals surface area contributed by atoms with Crippen LogP contribution in [-0.4, -0.2) is 5.91 Å². The Morgan fingerprint density at radius 3 is 2.17 bits per heavy atom. The highest BCUT2D eigenvalue weighted by Crippen LogP contribution is 2.22. The molecule has 2 heteroatoms. The van der Waals surface area contributed by atoms with Crippen LogP contribution in [0.4, 0.5) is 0 Å². The molecule has 0 saturated heterocycles. The van der Waals surface area contributed by atoms with Gasteiger partial charge >= 0.3 is 0 Å². The Labute approximate surface area is 139 Å². The highest BCUT2D eigenvalue weighted by Gasteiger charge is 2.12. The summed E-state index contributed by atoms with van der Waals surface area (Å²) in [6.45, 7) is 8.56. The number of carbonyl (C=O) groups is 1. The van der Waals surface area contributed by atoms with Gasteiger partial charge in [-0.15, -0.1) is 0 Å². The van der Waals surface area contributed by atoms with Crippen molar-refractivity contribution in [2.75, 3.05) is 0 Å². The molecular weight excluding hydrogens is 282 g/mol. The van der Waals surface area contributed by atoms with Crippen molar-refractivity contribution < 1.29 is 4.79 Å². The van der Waals surface area contributed by atoms with E-state index in [9.17, 15) is 4.79 Å². The zero-order valence-electron chi connectivity index (χ0n) is 14.3. The molecule has 2 aromatic rings. The minimum atomic E-state index is -0.0822. The zero-order valence-corrected chi connectivity index (χ0v) is 14.3. The molecule has 0 aliphatic rings. The summed E-state index contributed by atoms with van der Waals surface area (Å²) in [5.74, 6) is -0.0822. The zero-order chi connectivity index (χ0) is 16.9. The number of benzene rings is 2. The Hall–Kier alpha value is -2.35. The van der Waals surface area contributed by atoms with Crippen molar-refractivity contribution in [2.45, 2.75) is 39.2 Å². The molecule has 2 rings (SSSR count). The first-order valence-electron chi connectivity index (χ1n) is 8.00. The summed E-state index contributed by atoms with van der Waals surface area (Å²) >= 11 is 0. The van der Waals surface area contributed by atoms with E-state index in [2.05, 4.69) is 38.2 Å². The van der Waals surface area contributed by atoms with E-state index in [0.717, 1.165) is 11.1 Å². The lowest BCUT2D eigenvalue weighted by atomic mass is 9.87. The lowest BCUT2D eigenvalue weighted by Crippen LogP contribution is -2.24. The summed E-state index contributed by atoms with van der Waals surface area (Å²) in [5, 5.41) is 2.98. The maximum Gasteiger partial charge on any atom is 0.244 e. The quantitative estimate of drug-likeness (QED) is 0.802. The van der Waals surface area contributed by atoms with Gasteiger partial charge in [-0.2, -0.15) is 0 Å². The predicted molar refractivity (Wildman–Crippen MR) is 97.2 cm³/mol. The fraction of sp³-hybridized carbons (Fsp3) is 0.286. The minimum Gasteiger partial charge on any atom is -0.346 e. The molecule has 120 valence electrons. The monoisotopic (exact) mass is 307 g/mol. The van der Waals surface area contributed by atoms with E-state index in [4.69, 9.17) is 0 Å². The van der Waals surface area contributed by atoms with Gasteiger partial charge in [0.05, 0.1) is 6.04 Å². The van der Waals surface area contributed by atoms with Crippen LogP contribution in [-0.2, 0) is 10.2 Å². The second-order valence-electron chi connectivity index (χ2n) is 6.85. The van der Waals surface area contributed by atoms with Crippen LogP contribution in [0, 0.1) is 0 Å². The van der Waals surface area contributed by atoms with E-state index in [1.54, 1.807) is 6.08 Å². The number of rotatable bonds is 4. The molecule has 0 spiro atoms. The normalized spacial score (nSPS) is 13.0. The summed E-state index contributed by atoms with van der Waals surface area (Å²) in [7, 11) is 0. The molecule has 2 nitrogen and oxygen atoms in total. The van der Waals surface area contributed by atoms with Crippen LogP contribution in [0.2, 0.25) is 0 Å². The van der Waals surface area contributed by atoms with E-state index in [1.807, 2.05) is 55.5 Å². The first-order chi connectivity index (χ1) is 10.9. The molecule has 0 aliphatic heterocycles. The van der Waals surface area contributed by atoms with Crippen molar-refractivity contribution in [1.29, 1.82) is 0 Å². The van der Waals surface area contributed by atoms with Crippen LogP contribution >= 0.6 is 0 Å². The highest BCUT2D eigenvalue weighted by atomic mass is 16.1. The molecule has 1 atom stereocenters. The molecular formula is C21H25NO. The molecule has 2 aromatic carbocycles. The second kappa shape index (κ2) is 7.28. The van der Waals surface area contributed by atoms with E-state index in [0.29, 0.717) is 0 Å². The average Bonchev–Trinajstić information content (AvgIpc) is 2.53. The van der Waals surface area contributed by atoms with Gasteiger partial charge in [-0.25, -0.2) is 0 Å². The standard InChI is InChI=1S/C21H25NO/c1-16(18-8-6-5-7-9-18)22-20(23)15-12-17-10-13-19(14-11-17)21(2,3)4/h5-16H,1-4H3,(H,22,23)/t16-/m1/s1. The third-order valence-corrected chi connectivity index (χ3v) is 3.86. The Morgan fingerprint density at radius 1 is 1.00 bits per heavy atom. The molecule has 0 bridgehead atoms. The Kier molecular flexibility index (Phi) is 5.38. The van der Waals surface area contributed by atoms with Crippen LogP contribution in [0.3, 0.4) is 0 Å². The number of nitrogens with one attached hydrogen (secondary N) is 1. The third kappa shape index (κ3) is 5.10. The molecule has 1 N–H and O–H groups in total. The minimum absolute atomic E-state index is 0.00313. The van der Waals surface area contributed by atoms with Gasteiger partial charge in [0.2, 0.25) is 5.91 Å². The molecule has 0 aromatic heterocycles. The largest absolute Gasteiger partial charge is 0.346 e. The fourth-order valence-corrected chi connectivity index (χ4v) is 2.35. The molecule has 0 unspecified atom stereocenters. The molecule has 23 heavy (non-hydrogen) atoms. The summed E-state index contributed by atoms with van der Waals surface area (Å²) < 4.78 is 0. The Morgan fingerprint density at radius 2 is 1.61 bits per heavy atom. The molecule has 0 aliphatic carbocycles. The summed E-state index contributed by atoms with van der Waals surface area (Å²) in [5.41, 5.74) is 3.56. The van der Waals surface area contributed by atoms with Crippen molar-refractivity contribution >= 4 is 12.0 Å². The van der Waals surface area contributed by atoms with E-state index < -0.39 is 0 Å². The van der Waals surface area contributed by atoms with Gasteiger partial charge in [0, 0.05) is 6.08 Å². The van der Waals surface area contributed by atoms with E-state index in [-0.39, 0.29) is 17.4 Å². The third-order valence-electron chi connectivity index (χ3n) is 3.86. The van der Waals surface area contributed by atoms with Crippen LogP contribution in [0.1, 0.15) is 50.4 Å². The topological polar surface area (TPSA) is 29.1 Å². The first-order valence-corrected chi connectivity index (χ1v) is 8.00. The SMILES string of the molecule is C[C@@H](NC(=O)C=Cc1ccc(C(C)(C)C)cc1)c1ccccc1. The molecule has 1 amide bonds. The fourth-order valence-electron chi connectivity index (χ4n) is 2.35. The Bertz CT molecular complexity index is 663. The van der Waals surface area contributed by atoms with E-state index in [1.165, 1.54) is 5.56 Å². The van der Waals surface area contributed by atoms with Crippen LogP contribution < -0.4 is 5.32 Å². The van der Waals surface area contributed by atoms with Gasteiger partial charge in [0.1, 0.15) is 0 Å². The van der Waals surface area contributed by atoms with Crippen molar-refractivity contribution in [3.05, 3.63) is 77.4 Å². The lowest BCUT2D eigenvalue weighted by molar-refractivity contribution is -0.117. The van der Waals surface area contributed by atoms with Gasteiger partial charge in [-0.05, 0) is 35.1 Å². The summed E-state index contributed by atoms with van der Waals surface area (Å²) in [6, 6.07) is 18.3. The maximum absolute atomic E-state index is 12.0. The van der Waals surface area contributed by atoms with Gasteiger partial charge in [-0.3, -0.25) is 4.79 Å². The number of hydrogen-bond donors (Lipinski definition) is 1. The average molecular weight is 307 g/mol. The van der Waals surface area contributed by atoms with Crippen LogP contribution in [0.25, 0.3) is 6.08 Å². The molecule has 0 radical (unpaired) electrons. The number of amides is 1. The van der Waals surface area contributed by atoms with Crippen molar-refractivity contribution in [3.63, 3.8) is 0 Å². The molecule has 0 fully saturated rings. The summed E-state index contributed by atoms with van der Waals surface area (Å²) in [6.07, 6.45) is 3.44. The van der Waals surface area contributed by atoms with Crippen molar-refractivity contribution in [3.8, 4) is 0 Å². The summed E-state index contributed by atoms with van der Waals surface area (Å²) in [4.78, 5) is 12.0. The van der Waals surface area contributed by atoms with Gasteiger partial charge < -0.3 is 5.32 Å². The van der Waals surface area contributed by atoms with E-state index >= 15 is 0 Å². The maximum atomic E-state index is 12.0. The van der Waals surface area contributed by atoms with Gasteiger partial charge in [0.15, 0.2) is 0 Å². The van der Waals surface area contributed by atoms with Crippen LogP contribution in [0.15, 0.2) is 60.7 Å². The number of hydrogen-bond acceptors (Lipinski definition) is 1. The Balaban J connectivity index is 1.96. The smallest absolute Gasteiger partial charge is 0.244 e. The van der Waals surface area contributed by atoms with Gasteiger partial charge in [0.25, 0.3) is 0 Å². The lowest BCUT2D eigenvalue weighted by Gasteiger charge is -2.18. The van der Waals surface area contributed by atoms with Crippen molar-refractivity contribution in [2.24, 2.45) is 0 Å². The predicted octanol–water partition coefficient (Wildman–Crippen LogP) is 4.87. The highest BCUT2D eigenvalue weighted by molar-refractivity contribution is 5.91. The molecule has 0 heterocycles. The first kappa shape index (κ1) is 17.0. The van der Waals surface area contributed by atoms with Gasteiger partial charge in [-0.1, -0.05) is 75.4 Å². The number of carbonyl (C=O) groups excluding carboxylic acids is 1. The van der Waals surface area contributed by atoms with Crippen molar-refractivity contribution in [1.82, 2.24) is 5.32 Å². The van der Waals surface area contributed by atoms with Crippen LogP contribution in [0.5, 0.6) is 0 Å². The second-order valence-corrected chi connectivity index (χ2v) is 6.85.